The molecule has 3 nitrogen and oxygen atoms in total. The Morgan fingerprint density at radius 1 is 1.33 bits per heavy atom. The third kappa shape index (κ3) is 4.14. The van der Waals surface area contributed by atoms with Crippen LogP contribution in [0.2, 0.25) is 0 Å². The largest absolute Gasteiger partial charge is 0.497 e. The standard InChI is InChI=1S/C16H23F2NO2/c1-16(2,20)10-19-6-4-5-11(9-19)15-13(17)7-12(21-3)8-14(15)18/h7-8,11,20H,4-6,9-10H2,1-3H3. The molecule has 21 heavy (non-hydrogen) atoms. The van der Waals surface area contributed by atoms with Crippen molar-refractivity contribution < 1.29 is 18.6 Å². The summed E-state index contributed by atoms with van der Waals surface area (Å²) in [6.07, 6.45) is 1.62. The monoisotopic (exact) mass is 299 g/mol. The van der Waals surface area contributed by atoms with E-state index in [1.807, 2.05) is 0 Å². The summed E-state index contributed by atoms with van der Waals surface area (Å²) in [5.74, 6) is -1.10. The molecule has 1 aromatic carbocycles. The van der Waals surface area contributed by atoms with Crippen LogP contribution in [0, 0.1) is 11.6 Å². The van der Waals surface area contributed by atoms with Gasteiger partial charge in [-0.3, -0.25) is 4.90 Å². The van der Waals surface area contributed by atoms with Gasteiger partial charge < -0.3 is 9.84 Å². The number of hydrogen-bond donors (Lipinski definition) is 1. The summed E-state index contributed by atoms with van der Waals surface area (Å²) in [4.78, 5) is 2.07. The van der Waals surface area contributed by atoms with E-state index in [2.05, 4.69) is 4.90 Å². The number of hydrogen-bond acceptors (Lipinski definition) is 3. The summed E-state index contributed by atoms with van der Waals surface area (Å²) in [6.45, 7) is 5.39. The molecule has 0 aliphatic carbocycles. The molecular weight excluding hydrogens is 276 g/mol. The lowest BCUT2D eigenvalue weighted by Crippen LogP contribution is -2.43. The molecule has 5 heteroatoms. The molecule has 2 rings (SSSR count). The summed E-state index contributed by atoms with van der Waals surface area (Å²) in [7, 11) is 1.39. The highest BCUT2D eigenvalue weighted by molar-refractivity contribution is 5.33. The second kappa shape index (κ2) is 6.28. The van der Waals surface area contributed by atoms with Gasteiger partial charge in [0.05, 0.1) is 12.7 Å². The maximum atomic E-state index is 14.2. The number of benzene rings is 1. The van der Waals surface area contributed by atoms with Gasteiger partial charge in [-0.15, -0.1) is 0 Å². The molecular formula is C16H23F2NO2. The molecule has 1 heterocycles. The highest BCUT2D eigenvalue weighted by Crippen LogP contribution is 2.33. The normalized spacial score (nSPS) is 20.6. The summed E-state index contributed by atoms with van der Waals surface area (Å²) in [5.41, 5.74) is -0.671. The van der Waals surface area contributed by atoms with Crippen molar-refractivity contribution in [2.24, 2.45) is 0 Å². The van der Waals surface area contributed by atoms with Crippen LogP contribution in [-0.2, 0) is 0 Å². The van der Waals surface area contributed by atoms with E-state index in [0.717, 1.165) is 19.4 Å². The number of methoxy groups -OCH3 is 1. The molecule has 0 saturated carbocycles. The average Bonchev–Trinajstić information content (AvgIpc) is 2.36. The van der Waals surface area contributed by atoms with E-state index in [9.17, 15) is 13.9 Å². The lowest BCUT2D eigenvalue weighted by molar-refractivity contribution is 0.0268. The Morgan fingerprint density at radius 3 is 2.48 bits per heavy atom. The average molecular weight is 299 g/mol. The van der Waals surface area contributed by atoms with Crippen LogP contribution in [0.1, 0.15) is 38.2 Å². The number of likely N-dealkylation sites (tertiary alicyclic amines) is 1. The van der Waals surface area contributed by atoms with Gasteiger partial charge in [0.1, 0.15) is 17.4 Å². The van der Waals surface area contributed by atoms with Crippen molar-refractivity contribution in [2.75, 3.05) is 26.7 Å². The van der Waals surface area contributed by atoms with Crippen LogP contribution in [-0.4, -0.2) is 42.4 Å². The van der Waals surface area contributed by atoms with Crippen LogP contribution in [0.3, 0.4) is 0 Å². The fourth-order valence-corrected chi connectivity index (χ4v) is 3.05. The van der Waals surface area contributed by atoms with Gasteiger partial charge in [0, 0.05) is 36.7 Å². The number of nitrogens with zero attached hydrogens (tertiary/aromatic N) is 1. The minimum Gasteiger partial charge on any atom is -0.497 e. The van der Waals surface area contributed by atoms with Crippen LogP contribution >= 0.6 is 0 Å². The number of β-amino-alcohol motifs (C(OH)–C–C–N with tert-alkyl or cyclic N) is 1. The van der Waals surface area contributed by atoms with E-state index in [-0.39, 0.29) is 17.2 Å². The van der Waals surface area contributed by atoms with E-state index in [1.165, 1.54) is 19.2 Å². The van der Waals surface area contributed by atoms with Gasteiger partial charge in [0.2, 0.25) is 0 Å². The zero-order valence-corrected chi connectivity index (χ0v) is 12.8. The summed E-state index contributed by atoms with van der Waals surface area (Å²) >= 11 is 0. The number of aliphatic hydroxyl groups is 1. The minimum atomic E-state index is -0.807. The number of piperidine rings is 1. The zero-order valence-electron chi connectivity index (χ0n) is 12.8. The lowest BCUT2D eigenvalue weighted by Gasteiger charge is -2.36. The van der Waals surface area contributed by atoms with Crippen molar-refractivity contribution in [1.29, 1.82) is 0 Å². The minimum absolute atomic E-state index is 0.135. The molecule has 0 amide bonds. The first-order valence-corrected chi connectivity index (χ1v) is 7.28. The molecule has 1 aliphatic rings. The van der Waals surface area contributed by atoms with Crippen molar-refractivity contribution in [3.05, 3.63) is 29.3 Å². The Labute approximate surface area is 124 Å². The molecule has 0 aromatic heterocycles. The van der Waals surface area contributed by atoms with Crippen molar-refractivity contribution >= 4 is 0 Å². The molecule has 1 unspecified atom stereocenters. The predicted octanol–water partition coefficient (Wildman–Crippen LogP) is 2.92. The second-order valence-corrected chi connectivity index (χ2v) is 6.39. The summed E-state index contributed by atoms with van der Waals surface area (Å²) in [6, 6.07) is 2.46. The molecule has 1 aromatic rings. The molecule has 1 saturated heterocycles. The molecule has 1 aliphatic heterocycles. The Kier molecular flexibility index (Phi) is 4.84. The fraction of sp³-hybridized carbons (Fsp3) is 0.625. The van der Waals surface area contributed by atoms with Crippen molar-refractivity contribution in [3.8, 4) is 5.75 Å². The Morgan fingerprint density at radius 2 is 1.95 bits per heavy atom. The quantitative estimate of drug-likeness (QED) is 0.928. The van der Waals surface area contributed by atoms with E-state index in [1.54, 1.807) is 13.8 Å². The van der Waals surface area contributed by atoms with Crippen LogP contribution in [0.25, 0.3) is 0 Å². The highest BCUT2D eigenvalue weighted by Gasteiger charge is 2.29. The van der Waals surface area contributed by atoms with Gasteiger partial charge in [-0.05, 0) is 33.2 Å². The molecule has 0 spiro atoms. The summed E-state index contributed by atoms with van der Waals surface area (Å²) < 4.78 is 33.2. The van der Waals surface area contributed by atoms with Gasteiger partial charge in [-0.1, -0.05) is 0 Å². The Balaban J connectivity index is 2.18. The SMILES string of the molecule is COc1cc(F)c(C2CCCN(CC(C)(C)O)C2)c(F)c1. The summed E-state index contributed by atoms with van der Waals surface area (Å²) in [5, 5.41) is 9.90. The van der Waals surface area contributed by atoms with Crippen molar-refractivity contribution in [2.45, 2.75) is 38.2 Å². The third-order valence-corrected chi connectivity index (χ3v) is 3.81. The van der Waals surface area contributed by atoms with E-state index < -0.39 is 17.2 Å². The Hall–Kier alpha value is -1.20. The van der Waals surface area contributed by atoms with E-state index >= 15 is 0 Å². The third-order valence-electron chi connectivity index (χ3n) is 3.81. The van der Waals surface area contributed by atoms with Crippen molar-refractivity contribution in [3.63, 3.8) is 0 Å². The Bertz CT molecular complexity index is 477. The van der Waals surface area contributed by atoms with Gasteiger partial charge in [0.25, 0.3) is 0 Å². The van der Waals surface area contributed by atoms with Crippen LogP contribution in [0.15, 0.2) is 12.1 Å². The van der Waals surface area contributed by atoms with Gasteiger partial charge in [0.15, 0.2) is 0 Å². The topological polar surface area (TPSA) is 32.7 Å². The van der Waals surface area contributed by atoms with E-state index in [4.69, 9.17) is 4.74 Å². The number of ether oxygens (including phenoxy) is 1. The van der Waals surface area contributed by atoms with Crippen LogP contribution < -0.4 is 4.74 Å². The molecule has 0 bridgehead atoms. The smallest absolute Gasteiger partial charge is 0.133 e. The van der Waals surface area contributed by atoms with Crippen molar-refractivity contribution in [1.82, 2.24) is 4.90 Å². The first-order valence-electron chi connectivity index (χ1n) is 7.28. The number of rotatable bonds is 4. The first-order chi connectivity index (χ1) is 9.80. The maximum Gasteiger partial charge on any atom is 0.133 e. The van der Waals surface area contributed by atoms with Crippen LogP contribution in [0.4, 0.5) is 8.78 Å². The second-order valence-electron chi connectivity index (χ2n) is 6.39. The zero-order chi connectivity index (χ0) is 15.6. The van der Waals surface area contributed by atoms with Gasteiger partial charge >= 0.3 is 0 Å². The van der Waals surface area contributed by atoms with Crippen LogP contribution in [0.5, 0.6) is 5.75 Å². The van der Waals surface area contributed by atoms with E-state index in [0.29, 0.717) is 13.1 Å². The van der Waals surface area contributed by atoms with Gasteiger partial charge in [-0.25, -0.2) is 8.78 Å². The molecule has 118 valence electrons. The molecule has 1 fully saturated rings. The first kappa shape index (κ1) is 16.2. The molecule has 0 radical (unpaired) electrons. The highest BCUT2D eigenvalue weighted by atomic mass is 19.1. The number of halogens is 2. The fourth-order valence-electron chi connectivity index (χ4n) is 3.05. The lowest BCUT2D eigenvalue weighted by atomic mass is 9.89. The van der Waals surface area contributed by atoms with Gasteiger partial charge in [-0.2, -0.15) is 0 Å². The predicted molar refractivity (Wildman–Crippen MR) is 77.6 cm³/mol. The maximum absolute atomic E-state index is 14.2. The molecule has 1 atom stereocenters. The molecule has 1 N–H and O–H groups in total.